The second-order valence-electron chi connectivity index (χ2n) is 24.4. The molecule has 5 aliphatic heterocycles. The summed E-state index contributed by atoms with van der Waals surface area (Å²) < 4.78 is 53.2. The lowest BCUT2D eigenvalue weighted by Gasteiger charge is -2.62. The van der Waals surface area contributed by atoms with Crippen LogP contribution in [0.1, 0.15) is 85.5 Å². The minimum Gasteiger partial charge on any atom is -0.394 e. The minimum atomic E-state index is -1.94. The van der Waals surface area contributed by atoms with Gasteiger partial charge in [-0.15, -0.1) is 0 Å². The Labute approximate surface area is 441 Å². The molecule has 76 heavy (non-hydrogen) atoms. The van der Waals surface area contributed by atoms with Gasteiger partial charge in [-0.1, -0.05) is 27.7 Å². The zero-order valence-corrected chi connectivity index (χ0v) is 43.5. The van der Waals surface area contributed by atoms with Gasteiger partial charge in [-0.05, 0) is 97.7 Å². The van der Waals surface area contributed by atoms with Crippen molar-refractivity contribution in [2.75, 3.05) is 33.0 Å². The highest BCUT2D eigenvalue weighted by molar-refractivity contribution is 5.15. The highest BCUT2D eigenvalue weighted by Gasteiger charge is 2.69. The Hall–Kier alpha value is -1.00. The van der Waals surface area contributed by atoms with Crippen LogP contribution in [0.25, 0.3) is 0 Å². The molecular weight excluding hydrogens is 1010 g/mol. The lowest BCUT2D eigenvalue weighted by molar-refractivity contribution is -0.391. The second-order valence-corrected chi connectivity index (χ2v) is 24.4. The third-order valence-electron chi connectivity index (χ3n) is 20.1. The number of aliphatic hydroxyl groups excluding tert-OH is 15. The summed E-state index contributed by atoms with van der Waals surface area (Å²) in [6.07, 6.45) is -28.6. The Balaban J connectivity index is 0.797. The highest BCUT2D eigenvalue weighted by atomic mass is 16.8. The van der Waals surface area contributed by atoms with Gasteiger partial charge in [-0.2, -0.15) is 0 Å². The molecular formula is C51H86O25. The van der Waals surface area contributed by atoms with Crippen LogP contribution >= 0.6 is 0 Å². The quantitative estimate of drug-likeness (QED) is 0.0644. The third kappa shape index (κ3) is 10.6. The molecule has 0 radical (unpaired) electrons. The molecule has 16 N–H and O–H groups in total. The van der Waals surface area contributed by atoms with Crippen LogP contribution in [0.5, 0.6) is 0 Å². The van der Waals surface area contributed by atoms with E-state index >= 15 is 0 Å². The fraction of sp³-hybridized carbons (Fsp3) is 1.00. The van der Waals surface area contributed by atoms with E-state index in [9.17, 15) is 81.7 Å². The lowest BCUT2D eigenvalue weighted by Crippen LogP contribution is -2.67. The van der Waals surface area contributed by atoms with Gasteiger partial charge >= 0.3 is 0 Å². The van der Waals surface area contributed by atoms with Gasteiger partial charge < -0.3 is 124 Å². The van der Waals surface area contributed by atoms with E-state index in [1.54, 1.807) is 0 Å². The monoisotopic (exact) mass is 1100 g/mol. The van der Waals surface area contributed by atoms with E-state index in [1.807, 2.05) is 6.92 Å². The highest BCUT2D eigenvalue weighted by Crippen LogP contribution is 2.71. The zero-order valence-electron chi connectivity index (χ0n) is 43.5. The summed E-state index contributed by atoms with van der Waals surface area (Å²) in [5.41, 5.74) is -0.363. The fourth-order valence-corrected chi connectivity index (χ4v) is 15.7. The molecule has 25 heteroatoms. The van der Waals surface area contributed by atoms with Crippen molar-refractivity contribution in [3.63, 3.8) is 0 Å². The van der Waals surface area contributed by atoms with Crippen LogP contribution in [-0.4, -0.2) is 262 Å². The van der Waals surface area contributed by atoms with Crippen LogP contribution in [0, 0.1) is 52.3 Å². The SMILES string of the molecule is C[C@@H](CC[C@@]1(O)O[C@H]2C[C@H]3[C@@H]4CC[C@H]5C[C@@H](O[C@@H]6O[C@H](CO)[C@H](O[C@@H]7O[C@H](CO)[C@@H](O)[C@H](O)[C@H]7O[C@@H]7O[C@H](CO)[C@H](O)[C@H](O)[C@H]7O)[C@H](O)[C@H]6O)[C@H](O)C[C@]5(C)[C@H]4CC[C@]3(C)[C@H]2[C@@H]1C)CO[C@@H]1O[C@H](CO)[C@@H](O)[C@H](O)[C@H]1O. The molecule has 25 nitrogen and oxygen atoms in total. The van der Waals surface area contributed by atoms with Crippen molar-refractivity contribution in [2.24, 2.45) is 52.3 Å². The second kappa shape index (κ2) is 23.3. The number of ether oxygens (including phenoxy) is 9. The predicted octanol–water partition coefficient (Wildman–Crippen LogP) is -4.98. The molecule has 9 fully saturated rings. The van der Waals surface area contributed by atoms with Crippen molar-refractivity contribution in [2.45, 2.75) is 232 Å². The van der Waals surface area contributed by atoms with Crippen molar-refractivity contribution in [1.29, 1.82) is 0 Å². The largest absolute Gasteiger partial charge is 0.394 e. The van der Waals surface area contributed by atoms with E-state index in [1.165, 1.54) is 0 Å². The molecule has 5 heterocycles. The first-order valence-electron chi connectivity index (χ1n) is 27.5. The van der Waals surface area contributed by atoms with Gasteiger partial charge in [-0.3, -0.25) is 0 Å². The Kier molecular flexibility index (Phi) is 18.3. The molecule has 33 atom stereocenters. The molecule has 0 aromatic heterocycles. The van der Waals surface area contributed by atoms with Gasteiger partial charge in [0.25, 0.3) is 0 Å². The van der Waals surface area contributed by atoms with E-state index in [2.05, 4.69) is 20.8 Å². The first-order valence-corrected chi connectivity index (χ1v) is 27.5. The van der Waals surface area contributed by atoms with Crippen LogP contribution in [0.15, 0.2) is 0 Å². The van der Waals surface area contributed by atoms with Gasteiger partial charge in [0.1, 0.15) is 97.7 Å². The predicted molar refractivity (Wildman–Crippen MR) is 253 cm³/mol. The molecule has 0 aromatic rings. The summed E-state index contributed by atoms with van der Waals surface area (Å²) in [4.78, 5) is 0. The number of rotatable bonds is 16. The maximum atomic E-state index is 12.1. The Morgan fingerprint density at radius 2 is 1.08 bits per heavy atom. The summed E-state index contributed by atoms with van der Waals surface area (Å²) in [7, 11) is 0. The average Bonchev–Trinajstić information content (AvgIpc) is 3.94. The number of aliphatic hydroxyl groups is 16. The molecule has 4 saturated carbocycles. The minimum absolute atomic E-state index is 0.0959. The van der Waals surface area contributed by atoms with Gasteiger partial charge in [0, 0.05) is 12.3 Å². The number of fused-ring (bicyclic) bond motifs is 7. The summed E-state index contributed by atoms with van der Waals surface area (Å²) in [5.74, 6) is -0.406. The summed E-state index contributed by atoms with van der Waals surface area (Å²) in [6.45, 7) is 5.77. The normalized spacial score (nSPS) is 55.8. The smallest absolute Gasteiger partial charge is 0.187 e. The summed E-state index contributed by atoms with van der Waals surface area (Å²) in [5, 5.41) is 171. The average molecular weight is 1100 g/mol. The molecule has 9 aliphatic rings. The van der Waals surface area contributed by atoms with Gasteiger partial charge in [-0.25, -0.2) is 0 Å². The number of hydrogen-bond acceptors (Lipinski definition) is 25. The van der Waals surface area contributed by atoms with Crippen molar-refractivity contribution in [1.82, 2.24) is 0 Å². The molecule has 9 rings (SSSR count). The fourth-order valence-electron chi connectivity index (χ4n) is 15.7. The molecule has 440 valence electrons. The molecule has 0 aromatic carbocycles. The summed E-state index contributed by atoms with van der Waals surface area (Å²) >= 11 is 0. The van der Waals surface area contributed by atoms with Crippen molar-refractivity contribution >= 4 is 0 Å². The maximum Gasteiger partial charge on any atom is 0.187 e. The van der Waals surface area contributed by atoms with Crippen LogP contribution < -0.4 is 0 Å². The van der Waals surface area contributed by atoms with Crippen LogP contribution in [0.3, 0.4) is 0 Å². The molecule has 0 bridgehead atoms. The Morgan fingerprint density at radius 1 is 0.553 bits per heavy atom. The van der Waals surface area contributed by atoms with Crippen LogP contribution in [0.2, 0.25) is 0 Å². The van der Waals surface area contributed by atoms with Gasteiger partial charge in [0.05, 0.1) is 51.3 Å². The Morgan fingerprint density at radius 3 is 1.71 bits per heavy atom. The van der Waals surface area contributed by atoms with E-state index < -0.39 is 167 Å². The third-order valence-corrected chi connectivity index (χ3v) is 20.1. The molecule has 0 unspecified atom stereocenters. The summed E-state index contributed by atoms with van der Waals surface area (Å²) in [6, 6.07) is 0. The molecule has 4 aliphatic carbocycles. The lowest BCUT2D eigenvalue weighted by atomic mass is 9.44. The first-order chi connectivity index (χ1) is 35.9. The van der Waals surface area contributed by atoms with Crippen molar-refractivity contribution in [3.8, 4) is 0 Å². The van der Waals surface area contributed by atoms with E-state index in [0.29, 0.717) is 37.5 Å². The van der Waals surface area contributed by atoms with Crippen molar-refractivity contribution < 1.29 is 124 Å². The maximum absolute atomic E-state index is 12.1. The standard InChI is InChI=1S/C51H86O25/c1-19(18-68-45-40(64)36(60)33(57)28(14-52)70-45)7-10-51(67)20(2)32-27(76-51)12-24-22-6-5-21-11-26(25(56)13-50(21,4)23(22)8-9-49(24,32)3)69-46-42(66)39(63)43(31(17-55)73-46)74-48-44(38(62)35(59)30(16-54)72-48)75-47-41(65)37(61)34(58)29(15-53)71-47/h19-48,52-67H,5-18H2,1-4H3/t19-,20-,21-,22+,23-,24-,25+,26+,27-,28+,29+,30+,31+,32-,33+,34-,35+,36-,37-,38-,39+,40+,41+,42+,43-,44+,45+,46+,47-,48-,49-,50-,51+/m0/s1. The Bertz CT molecular complexity index is 1910. The van der Waals surface area contributed by atoms with Gasteiger partial charge in [0.15, 0.2) is 30.9 Å². The van der Waals surface area contributed by atoms with Crippen molar-refractivity contribution in [3.05, 3.63) is 0 Å². The van der Waals surface area contributed by atoms with E-state index in [0.717, 1.165) is 32.1 Å². The van der Waals surface area contributed by atoms with E-state index in [-0.39, 0.29) is 53.1 Å². The number of hydrogen-bond donors (Lipinski definition) is 16. The first kappa shape index (κ1) is 59.6. The van der Waals surface area contributed by atoms with Gasteiger partial charge in [0.2, 0.25) is 0 Å². The van der Waals surface area contributed by atoms with Crippen LogP contribution in [-0.2, 0) is 42.6 Å². The topological polar surface area (TPSA) is 407 Å². The zero-order chi connectivity index (χ0) is 55.1. The van der Waals surface area contributed by atoms with E-state index in [4.69, 9.17) is 42.6 Å². The molecule has 0 amide bonds. The molecule has 5 saturated heterocycles. The molecule has 0 spiro atoms. The van der Waals surface area contributed by atoms with Crippen LogP contribution in [0.4, 0.5) is 0 Å².